The molecule has 2 aliphatic rings. The predicted octanol–water partition coefficient (Wildman–Crippen LogP) is 2.05. The first-order chi connectivity index (χ1) is 12.0. The van der Waals surface area contributed by atoms with E-state index in [-0.39, 0.29) is 30.7 Å². The minimum Gasteiger partial charge on any atom is -0.390 e. The van der Waals surface area contributed by atoms with Gasteiger partial charge in [0.2, 0.25) is 5.91 Å². The molecule has 0 bridgehead atoms. The molecule has 0 aromatic carbocycles. The summed E-state index contributed by atoms with van der Waals surface area (Å²) in [6.07, 6.45) is 6.75. The summed E-state index contributed by atoms with van der Waals surface area (Å²) in [5.74, 6) is 0.219. The number of rotatable bonds is 7. The molecule has 138 valence electrons. The van der Waals surface area contributed by atoms with Gasteiger partial charge in [-0.1, -0.05) is 12.8 Å². The monoisotopic (exact) mass is 346 g/mol. The van der Waals surface area contributed by atoms with E-state index in [0.717, 1.165) is 45.1 Å². The molecule has 2 fully saturated rings. The third-order valence-corrected chi connectivity index (χ3v) is 5.80. The molecule has 2 rings (SSSR count). The third-order valence-electron chi connectivity index (χ3n) is 5.80. The zero-order chi connectivity index (χ0) is 18.3. The summed E-state index contributed by atoms with van der Waals surface area (Å²) in [5.41, 5.74) is -0.643. The fourth-order valence-corrected chi connectivity index (χ4v) is 4.46. The normalized spacial score (nSPS) is 29.8. The Morgan fingerprint density at radius 1 is 1.20 bits per heavy atom. The maximum Gasteiger partial charge on any atom is 0.236 e. The third kappa shape index (κ3) is 5.17. The van der Waals surface area contributed by atoms with Crippen molar-refractivity contribution < 1.29 is 9.90 Å². The molecule has 1 saturated heterocycles. The van der Waals surface area contributed by atoms with Gasteiger partial charge in [-0.05, 0) is 39.2 Å². The van der Waals surface area contributed by atoms with Crippen molar-refractivity contribution in [1.82, 2.24) is 9.80 Å². The van der Waals surface area contributed by atoms with E-state index in [2.05, 4.69) is 17.0 Å². The minimum absolute atomic E-state index is 0.00662. The van der Waals surface area contributed by atoms with Crippen molar-refractivity contribution in [3.63, 3.8) is 0 Å². The first-order valence-corrected chi connectivity index (χ1v) is 9.47. The highest BCUT2D eigenvalue weighted by Crippen LogP contribution is 2.40. The molecule has 6 nitrogen and oxygen atoms in total. The van der Waals surface area contributed by atoms with E-state index in [0.29, 0.717) is 19.6 Å². The molecule has 0 aromatic heterocycles. The van der Waals surface area contributed by atoms with Crippen LogP contribution in [-0.2, 0) is 4.79 Å². The van der Waals surface area contributed by atoms with Gasteiger partial charge in [0.15, 0.2) is 0 Å². The molecule has 1 amide bonds. The summed E-state index contributed by atoms with van der Waals surface area (Å²) in [5, 5.41) is 28.4. The SMILES string of the molecule is CC1(O)CCCCC1C1CCCN1CC(=O)N(CCC#N)CCC#N. The molecule has 6 heteroatoms. The summed E-state index contributed by atoms with van der Waals surface area (Å²) in [6.45, 7) is 3.93. The van der Waals surface area contributed by atoms with Gasteiger partial charge in [-0.3, -0.25) is 9.69 Å². The average Bonchev–Trinajstić information content (AvgIpc) is 3.02. The van der Waals surface area contributed by atoms with Crippen molar-refractivity contribution in [1.29, 1.82) is 10.5 Å². The van der Waals surface area contributed by atoms with E-state index in [4.69, 9.17) is 10.5 Å². The van der Waals surface area contributed by atoms with Crippen LogP contribution in [0.4, 0.5) is 0 Å². The van der Waals surface area contributed by atoms with Gasteiger partial charge in [0.1, 0.15) is 0 Å². The first-order valence-electron chi connectivity index (χ1n) is 9.47. The van der Waals surface area contributed by atoms with E-state index in [9.17, 15) is 9.90 Å². The Kier molecular flexibility index (Phi) is 7.23. The van der Waals surface area contributed by atoms with Crippen molar-refractivity contribution >= 4 is 5.91 Å². The zero-order valence-corrected chi connectivity index (χ0v) is 15.3. The van der Waals surface area contributed by atoms with E-state index in [1.807, 2.05) is 6.92 Å². The van der Waals surface area contributed by atoms with E-state index < -0.39 is 5.60 Å². The molecule has 0 radical (unpaired) electrons. The second-order valence-corrected chi connectivity index (χ2v) is 7.59. The predicted molar refractivity (Wildman–Crippen MR) is 94.2 cm³/mol. The lowest BCUT2D eigenvalue weighted by Gasteiger charge is -2.43. The highest BCUT2D eigenvalue weighted by atomic mass is 16.3. The van der Waals surface area contributed by atoms with Crippen LogP contribution in [0.2, 0.25) is 0 Å². The van der Waals surface area contributed by atoms with Crippen LogP contribution < -0.4 is 0 Å². The second kappa shape index (κ2) is 9.17. The fraction of sp³-hybridized carbons (Fsp3) is 0.842. The maximum atomic E-state index is 12.7. The number of likely N-dealkylation sites (tertiary alicyclic amines) is 1. The lowest BCUT2D eigenvalue weighted by atomic mass is 9.72. The molecule has 1 N–H and O–H groups in total. The van der Waals surface area contributed by atoms with Crippen LogP contribution in [0.3, 0.4) is 0 Å². The number of hydrogen-bond donors (Lipinski definition) is 1. The van der Waals surface area contributed by atoms with Gasteiger partial charge in [0.25, 0.3) is 0 Å². The highest BCUT2D eigenvalue weighted by Gasteiger charge is 2.43. The molecule has 0 aromatic rings. The Hall–Kier alpha value is -1.63. The summed E-state index contributed by atoms with van der Waals surface area (Å²) in [6, 6.07) is 4.40. The van der Waals surface area contributed by atoms with Gasteiger partial charge in [0.05, 0.1) is 37.1 Å². The maximum absolute atomic E-state index is 12.7. The van der Waals surface area contributed by atoms with Crippen LogP contribution in [0.25, 0.3) is 0 Å². The van der Waals surface area contributed by atoms with Crippen LogP contribution in [0.15, 0.2) is 0 Å². The Labute approximate surface area is 151 Å². The number of amides is 1. The number of carbonyl (C=O) groups excluding carboxylic acids is 1. The molecule has 0 spiro atoms. The Morgan fingerprint density at radius 2 is 1.88 bits per heavy atom. The number of hydrogen-bond acceptors (Lipinski definition) is 5. The van der Waals surface area contributed by atoms with Gasteiger partial charge in [0, 0.05) is 25.0 Å². The molecular formula is C19H30N4O2. The molecule has 1 heterocycles. The van der Waals surface area contributed by atoms with Gasteiger partial charge in [-0.15, -0.1) is 0 Å². The fourth-order valence-electron chi connectivity index (χ4n) is 4.46. The summed E-state index contributed by atoms with van der Waals surface area (Å²) < 4.78 is 0. The largest absolute Gasteiger partial charge is 0.390 e. The summed E-state index contributed by atoms with van der Waals surface area (Å²) >= 11 is 0. The van der Waals surface area contributed by atoms with Gasteiger partial charge >= 0.3 is 0 Å². The number of nitriles is 2. The van der Waals surface area contributed by atoms with Crippen LogP contribution in [-0.4, -0.2) is 58.6 Å². The van der Waals surface area contributed by atoms with Crippen molar-refractivity contribution in [2.75, 3.05) is 26.2 Å². The molecule has 1 aliphatic heterocycles. The topological polar surface area (TPSA) is 91.4 Å². The first kappa shape index (κ1) is 19.7. The molecular weight excluding hydrogens is 316 g/mol. The smallest absolute Gasteiger partial charge is 0.236 e. The van der Waals surface area contributed by atoms with Crippen LogP contribution in [0.1, 0.15) is 58.3 Å². The van der Waals surface area contributed by atoms with Crippen molar-refractivity contribution in [2.45, 2.75) is 69.9 Å². The lowest BCUT2D eigenvalue weighted by molar-refractivity contribution is -0.134. The zero-order valence-electron chi connectivity index (χ0n) is 15.3. The molecule has 1 saturated carbocycles. The number of aliphatic hydroxyl groups is 1. The Morgan fingerprint density at radius 3 is 2.48 bits per heavy atom. The lowest BCUT2D eigenvalue weighted by Crippen LogP contribution is -2.51. The van der Waals surface area contributed by atoms with Crippen LogP contribution in [0.5, 0.6) is 0 Å². The van der Waals surface area contributed by atoms with Gasteiger partial charge in [-0.2, -0.15) is 10.5 Å². The number of nitrogens with zero attached hydrogens (tertiary/aromatic N) is 4. The Bertz CT molecular complexity index is 517. The van der Waals surface area contributed by atoms with Crippen LogP contribution >= 0.6 is 0 Å². The average molecular weight is 346 g/mol. The van der Waals surface area contributed by atoms with Crippen molar-refractivity contribution in [2.24, 2.45) is 5.92 Å². The van der Waals surface area contributed by atoms with E-state index in [1.165, 1.54) is 0 Å². The molecule has 3 atom stereocenters. The standard InChI is InChI=1S/C19H30N4O2/c1-19(25)9-3-2-7-16(19)17-8-4-12-23(17)15-18(24)22(13-5-10-20)14-6-11-21/h16-17,25H,2-9,12-15H2,1H3. The second-order valence-electron chi connectivity index (χ2n) is 7.59. The molecule has 3 unspecified atom stereocenters. The van der Waals surface area contributed by atoms with Crippen molar-refractivity contribution in [3.05, 3.63) is 0 Å². The minimum atomic E-state index is -0.643. The molecule has 25 heavy (non-hydrogen) atoms. The number of carbonyl (C=O) groups is 1. The Balaban J connectivity index is 2.00. The summed E-state index contributed by atoms with van der Waals surface area (Å²) in [4.78, 5) is 16.6. The van der Waals surface area contributed by atoms with E-state index >= 15 is 0 Å². The molecule has 1 aliphatic carbocycles. The van der Waals surface area contributed by atoms with E-state index in [1.54, 1.807) is 4.90 Å². The quantitative estimate of drug-likeness (QED) is 0.762. The van der Waals surface area contributed by atoms with Crippen LogP contribution in [0, 0.1) is 28.6 Å². The van der Waals surface area contributed by atoms with Gasteiger partial charge in [-0.25, -0.2) is 0 Å². The van der Waals surface area contributed by atoms with Crippen molar-refractivity contribution in [3.8, 4) is 12.1 Å². The summed E-state index contributed by atoms with van der Waals surface area (Å²) in [7, 11) is 0. The van der Waals surface area contributed by atoms with Gasteiger partial charge < -0.3 is 10.0 Å². The highest BCUT2D eigenvalue weighted by molar-refractivity contribution is 5.78.